The molecular formula is C14H25N5O4S. The zero-order valence-electron chi connectivity index (χ0n) is 14.4. The summed E-state index contributed by atoms with van der Waals surface area (Å²) in [5.74, 6) is 1.01. The summed E-state index contributed by atoms with van der Waals surface area (Å²) in [6, 6.07) is 0. The number of rotatable bonds is 7. The van der Waals surface area contributed by atoms with Crippen molar-refractivity contribution in [1.29, 1.82) is 0 Å². The van der Waals surface area contributed by atoms with Crippen LogP contribution in [-0.4, -0.2) is 84.6 Å². The number of carbonyl (C=O) groups is 1. The molecule has 1 fully saturated rings. The number of carbonyl (C=O) groups excluding carboxylic acids is 1. The van der Waals surface area contributed by atoms with Gasteiger partial charge in [-0.2, -0.15) is 4.98 Å². The van der Waals surface area contributed by atoms with E-state index in [2.05, 4.69) is 15.0 Å². The maximum atomic E-state index is 12.2. The van der Waals surface area contributed by atoms with Crippen LogP contribution in [0.2, 0.25) is 0 Å². The van der Waals surface area contributed by atoms with Gasteiger partial charge in [0.1, 0.15) is 0 Å². The second-order valence-corrected chi connectivity index (χ2v) is 8.27. The van der Waals surface area contributed by atoms with Crippen molar-refractivity contribution in [3.8, 4) is 0 Å². The summed E-state index contributed by atoms with van der Waals surface area (Å²) in [5, 5.41) is 3.93. The lowest BCUT2D eigenvalue weighted by molar-refractivity contribution is -0.132. The van der Waals surface area contributed by atoms with Gasteiger partial charge in [-0.25, -0.2) is 12.7 Å². The van der Waals surface area contributed by atoms with Crippen LogP contribution in [0.25, 0.3) is 0 Å². The first kappa shape index (κ1) is 18.8. The van der Waals surface area contributed by atoms with Gasteiger partial charge in [0, 0.05) is 53.1 Å². The van der Waals surface area contributed by atoms with Gasteiger partial charge in [-0.05, 0) is 0 Å². The number of sulfonamides is 1. The Labute approximate surface area is 142 Å². The molecule has 0 unspecified atom stereocenters. The van der Waals surface area contributed by atoms with Gasteiger partial charge >= 0.3 is 0 Å². The summed E-state index contributed by atoms with van der Waals surface area (Å²) in [6.45, 7) is 5.14. The molecule has 1 amide bonds. The fourth-order valence-corrected chi connectivity index (χ4v) is 3.21. The molecule has 24 heavy (non-hydrogen) atoms. The van der Waals surface area contributed by atoms with Crippen molar-refractivity contribution >= 4 is 15.9 Å². The highest BCUT2D eigenvalue weighted by Gasteiger charge is 2.24. The lowest BCUT2D eigenvalue weighted by Gasteiger charge is -2.34. The standard InChI is InChI=1S/C14H25N5O4S/c1-4-13-15-12(16-23-13)11-18-6-8-19(9-7-18)14(20)5-10-24(21,22)17(2)3/h4-11H2,1-3H3. The van der Waals surface area contributed by atoms with Gasteiger partial charge in [0.2, 0.25) is 21.8 Å². The predicted molar refractivity (Wildman–Crippen MR) is 87.6 cm³/mol. The molecule has 136 valence electrons. The minimum atomic E-state index is -3.34. The second-order valence-electron chi connectivity index (χ2n) is 5.96. The van der Waals surface area contributed by atoms with Crippen LogP contribution in [0.15, 0.2) is 4.52 Å². The molecule has 1 saturated heterocycles. The molecule has 1 aromatic heterocycles. The van der Waals surface area contributed by atoms with Gasteiger partial charge in [0.25, 0.3) is 0 Å². The second kappa shape index (κ2) is 8.04. The van der Waals surface area contributed by atoms with E-state index in [4.69, 9.17) is 4.52 Å². The fourth-order valence-electron chi connectivity index (χ4n) is 2.41. The minimum Gasteiger partial charge on any atom is -0.340 e. The zero-order chi connectivity index (χ0) is 17.7. The van der Waals surface area contributed by atoms with Crippen LogP contribution in [0.1, 0.15) is 25.1 Å². The van der Waals surface area contributed by atoms with Crippen molar-refractivity contribution in [2.45, 2.75) is 26.3 Å². The summed E-state index contributed by atoms with van der Waals surface area (Å²) in [6.07, 6.45) is 0.732. The van der Waals surface area contributed by atoms with Crippen LogP contribution >= 0.6 is 0 Å². The van der Waals surface area contributed by atoms with Gasteiger partial charge in [-0.3, -0.25) is 9.69 Å². The van der Waals surface area contributed by atoms with E-state index < -0.39 is 10.0 Å². The first-order valence-corrected chi connectivity index (χ1v) is 9.64. The number of hydrogen-bond acceptors (Lipinski definition) is 7. The highest BCUT2D eigenvalue weighted by atomic mass is 32.2. The highest BCUT2D eigenvalue weighted by Crippen LogP contribution is 2.09. The van der Waals surface area contributed by atoms with Crippen molar-refractivity contribution < 1.29 is 17.7 Å². The molecule has 0 N–H and O–H groups in total. The molecule has 0 atom stereocenters. The molecule has 0 spiro atoms. The van der Waals surface area contributed by atoms with E-state index in [1.165, 1.54) is 14.1 Å². The summed E-state index contributed by atoms with van der Waals surface area (Å²) in [7, 11) is -0.390. The Morgan fingerprint density at radius 2 is 1.92 bits per heavy atom. The van der Waals surface area contributed by atoms with E-state index in [1.54, 1.807) is 4.90 Å². The number of aromatic nitrogens is 2. The molecule has 1 aliphatic rings. The third kappa shape index (κ3) is 4.99. The predicted octanol–water partition coefficient (Wildman–Crippen LogP) is -0.442. The highest BCUT2D eigenvalue weighted by molar-refractivity contribution is 7.89. The Kier molecular flexibility index (Phi) is 6.30. The van der Waals surface area contributed by atoms with E-state index in [9.17, 15) is 13.2 Å². The largest absolute Gasteiger partial charge is 0.340 e. The lowest BCUT2D eigenvalue weighted by atomic mass is 10.3. The normalized spacial score (nSPS) is 16.8. The lowest BCUT2D eigenvalue weighted by Crippen LogP contribution is -2.48. The number of aryl methyl sites for hydroxylation is 1. The molecule has 0 aliphatic carbocycles. The quantitative estimate of drug-likeness (QED) is 0.650. The molecule has 9 nitrogen and oxygen atoms in total. The van der Waals surface area contributed by atoms with Gasteiger partial charge < -0.3 is 9.42 Å². The van der Waals surface area contributed by atoms with Crippen molar-refractivity contribution in [1.82, 2.24) is 24.2 Å². The summed E-state index contributed by atoms with van der Waals surface area (Å²) in [5.41, 5.74) is 0. The Bertz CT molecular complexity index is 650. The van der Waals surface area contributed by atoms with Crippen molar-refractivity contribution in [3.05, 3.63) is 11.7 Å². The Hall–Kier alpha value is -1.52. The molecule has 2 rings (SSSR count). The average Bonchev–Trinajstić information content (AvgIpc) is 3.01. The molecule has 0 aromatic carbocycles. The van der Waals surface area contributed by atoms with Crippen LogP contribution in [0.5, 0.6) is 0 Å². The van der Waals surface area contributed by atoms with Crippen LogP contribution < -0.4 is 0 Å². The average molecular weight is 359 g/mol. The Morgan fingerprint density at radius 3 is 2.46 bits per heavy atom. The maximum absolute atomic E-state index is 12.2. The van der Waals surface area contributed by atoms with Crippen molar-refractivity contribution in [2.24, 2.45) is 0 Å². The van der Waals surface area contributed by atoms with Gasteiger partial charge in [-0.15, -0.1) is 0 Å². The van der Waals surface area contributed by atoms with Crippen LogP contribution in [0.3, 0.4) is 0 Å². The number of nitrogens with zero attached hydrogens (tertiary/aromatic N) is 5. The molecular weight excluding hydrogens is 334 g/mol. The van der Waals surface area contributed by atoms with Gasteiger partial charge in [0.05, 0.1) is 12.3 Å². The third-order valence-electron chi connectivity index (χ3n) is 4.03. The van der Waals surface area contributed by atoms with E-state index in [0.717, 1.165) is 4.31 Å². The number of hydrogen-bond donors (Lipinski definition) is 0. The molecule has 0 radical (unpaired) electrons. The summed E-state index contributed by atoms with van der Waals surface area (Å²) < 4.78 is 29.7. The summed E-state index contributed by atoms with van der Waals surface area (Å²) in [4.78, 5) is 20.3. The Balaban J connectivity index is 1.76. The third-order valence-corrected chi connectivity index (χ3v) is 5.87. The van der Waals surface area contributed by atoms with Crippen LogP contribution in [0, 0.1) is 0 Å². The van der Waals surface area contributed by atoms with Crippen LogP contribution in [0.4, 0.5) is 0 Å². The zero-order valence-corrected chi connectivity index (χ0v) is 15.3. The SMILES string of the molecule is CCc1nc(CN2CCN(C(=O)CCS(=O)(=O)N(C)C)CC2)no1. The molecule has 1 aliphatic heterocycles. The van der Waals surface area contributed by atoms with E-state index in [0.29, 0.717) is 50.9 Å². The molecule has 0 bridgehead atoms. The minimum absolute atomic E-state index is 0.0191. The van der Waals surface area contributed by atoms with E-state index >= 15 is 0 Å². The van der Waals surface area contributed by atoms with Crippen molar-refractivity contribution in [2.75, 3.05) is 46.0 Å². The van der Waals surface area contributed by atoms with Gasteiger partial charge in [-0.1, -0.05) is 12.1 Å². The monoisotopic (exact) mass is 359 g/mol. The molecule has 1 aromatic rings. The van der Waals surface area contributed by atoms with Crippen molar-refractivity contribution in [3.63, 3.8) is 0 Å². The smallest absolute Gasteiger partial charge is 0.226 e. The summed E-state index contributed by atoms with van der Waals surface area (Å²) >= 11 is 0. The number of amides is 1. The first-order valence-electron chi connectivity index (χ1n) is 8.03. The molecule has 2 heterocycles. The van der Waals surface area contributed by atoms with Gasteiger partial charge in [0.15, 0.2) is 5.82 Å². The van der Waals surface area contributed by atoms with E-state index in [-0.39, 0.29) is 18.1 Å². The number of piperazine rings is 1. The maximum Gasteiger partial charge on any atom is 0.226 e. The molecule has 10 heteroatoms. The van der Waals surface area contributed by atoms with Crippen LogP contribution in [-0.2, 0) is 27.8 Å². The first-order chi connectivity index (χ1) is 11.3. The molecule has 0 saturated carbocycles. The Morgan fingerprint density at radius 1 is 1.25 bits per heavy atom. The fraction of sp³-hybridized carbons (Fsp3) is 0.786. The topological polar surface area (TPSA) is 99.9 Å². The van der Waals surface area contributed by atoms with E-state index in [1.807, 2.05) is 6.92 Å².